The number of hydrogen-bond acceptors (Lipinski definition) is 5. The molecule has 3 unspecified atom stereocenters. The monoisotopic (exact) mass is 590 g/mol. The zero-order valence-corrected chi connectivity index (χ0v) is 25.4. The fraction of sp³-hybridized carbons (Fsp3) is 0.588. The van der Waals surface area contributed by atoms with E-state index in [-0.39, 0.29) is 23.6 Å². The van der Waals surface area contributed by atoms with Crippen LogP contribution in [-0.4, -0.2) is 79.7 Å². The van der Waals surface area contributed by atoms with Crippen molar-refractivity contribution >= 4 is 28.8 Å². The SMILES string of the molecule is Cc1nc2ccccc2n1C1CC2CSCC(C1)N2C[C@H]1CN(C(C(=O)O)C2CCCCC2)C[C@@H]1c1cccc(F)c1. The minimum Gasteiger partial charge on any atom is -0.480 e. The number of rotatable bonds is 7. The number of benzene rings is 2. The molecule has 2 bridgehead atoms. The summed E-state index contributed by atoms with van der Waals surface area (Å²) in [6.45, 7) is 4.55. The first-order chi connectivity index (χ1) is 20.5. The lowest BCUT2D eigenvalue weighted by Gasteiger charge is -2.50. The van der Waals surface area contributed by atoms with Gasteiger partial charge in [-0.05, 0) is 74.3 Å². The number of likely N-dealkylation sites (tertiary alicyclic amines) is 1. The van der Waals surface area contributed by atoms with Crippen molar-refractivity contribution in [3.8, 4) is 0 Å². The van der Waals surface area contributed by atoms with Gasteiger partial charge in [-0.1, -0.05) is 43.5 Å². The van der Waals surface area contributed by atoms with Crippen LogP contribution in [0.5, 0.6) is 0 Å². The maximum atomic E-state index is 14.5. The summed E-state index contributed by atoms with van der Waals surface area (Å²) in [6.07, 6.45) is 7.67. The first-order valence-electron chi connectivity index (χ1n) is 16.0. The molecule has 3 saturated heterocycles. The van der Waals surface area contributed by atoms with Gasteiger partial charge in [0.1, 0.15) is 17.7 Å². The molecule has 0 amide bonds. The number of para-hydroxylation sites is 2. The van der Waals surface area contributed by atoms with Gasteiger partial charge in [-0.2, -0.15) is 11.8 Å². The van der Waals surface area contributed by atoms with Crippen molar-refractivity contribution in [3.63, 3.8) is 0 Å². The lowest BCUT2D eigenvalue weighted by atomic mass is 9.83. The van der Waals surface area contributed by atoms with Gasteiger partial charge in [-0.25, -0.2) is 9.37 Å². The maximum absolute atomic E-state index is 14.5. The highest BCUT2D eigenvalue weighted by atomic mass is 32.2. The molecule has 1 N–H and O–H groups in total. The maximum Gasteiger partial charge on any atom is 0.321 e. The third-order valence-corrected chi connectivity index (χ3v) is 12.0. The normalized spacial score (nSPS) is 30.1. The van der Waals surface area contributed by atoms with Crippen LogP contribution < -0.4 is 0 Å². The molecule has 2 aromatic carbocycles. The van der Waals surface area contributed by atoms with Crippen LogP contribution in [0.25, 0.3) is 11.0 Å². The summed E-state index contributed by atoms with van der Waals surface area (Å²) in [4.78, 5) is 22.6. The van der Waals surface area contributed by atoms with Crippen molar-refractivity contribution in [2.45, 2.75) is 82.0 Å². The van der Waals surface area contributed by atoms with Gasteiger partial charge in [0, 0.05) is 55.2 Å². The summed E-state index contributed by atoms with van der Waals surface area (Å²) in [5, 5.41) is 10.4. The summed E-state index contributed by atoms with van der Waals surface area (Å²) in [7, 11) is 0. The first kappa shape index (κ1) is 28.4. The average Bonchev–Trinajstić information content (AvgIpc) is 3.53. The predicted molar refractivity (Wildman–Crippen MR) is 167 cm³/mol. The predicted octanol–water partition coefficient (Wildman–Crippen LogP) is 6.35. The van der Waals surface area contributed by atoms with E-state index in [2.05, 4.69) is 63.4 Å². The van der Waals surface area contributed by atoms with E-state index >= 15 is 0 Å². The van der Waals surface area contributed by atoms with Crippen LogP contribution in [0.1, 0.15) is 68.3 Å². The van der Waals surface area contributed by atoms with Crippen LogP contribution in [0, 0.1) is 24.6 Å². The molecule has 4 fully saturated rings. The number of aliphatic carboxylic acids is 1. The lowest BCUT2D eigenvalue weighted by Crippen LogP contribution is -2.56. The Hall–Kier alpha value is -2.42. The van der Waals surface area contributed by atoms with Gasteiger partial charge < -0.3 is 9.67 Å². The number of carbonyl (C=O) groups is 1. The van der Waals surface area contributed by atoms with Crippen molar-refractivity contribution in [1.29, 1.82) is 0 Å². The van der Waals surface area contributed by atoms with Crippen molar-refractivity contribution in [2.24, 2.45) is 11.8 Å². The molecule has 4 heterocycles. The Morgan fingerprint density at radius 2 is 1.79 bits per heavy atom. The van der Waals surface area contributed by atoms with Crippen LogP contribution in [0.3, 0.4) is 0 Å². The third kappa shape index (κ3) is 5.39. The standard InChI is InChI=1S/C34H43FN4O2S/c1-22-36-31-12-5-6-13-32(31)39(22)27-15-28-20-42-21-29(16-27)38(28)18-25-17-37(19-30(25)24-10-7-11-26(35)14-24)33(34(40)41)23-8-3-2-4-9-23/h5-7,10-14,23,25,27-30,33H,2-4,8-9,15-21H2,1H3,(H,40,41)/t25-,27?,28?,29?,30-,33?/m1/s1. The zero-order valence-electron chi connectivity index (χ0n) is 24.6. The molecule has 7 rings (SSSR count). The van der Waals surface area contributed by atoms with Crippen LogP contribution >= 0.6 is 11.8 Å². The molecule has 3 aromatic rings. The fourth-order valence-corrected chi connectivity index (χ4v) is 10.2. The second-order valence-electron chi connectivity index (χ2n) is 13.2. The first-order valence-corrected chi connectivity index (χ1v) is 17.1. The Kier molecular flexibility index (Phi) is 8.05. The average molecular weight is 591 g/mol. The Bertz CT molecular complexity index is 1410. The molecule has 6 nitrogen and oxygen atoms in total. The molecule has 4 aliphatic rings. The van der Waals surface area contributed by atoms with E-state index < -0.39 is 12.0 Å². The van der Waals surface area contributed by atoms with Gasteiger partial charge in [0.25, 0.3) is 0 Å². The van der Waals surface area contributed by atoms with Crippen LogP contribution in [0.4, 0.5) is 4.39 Å². The summed E-state index contributed by atoms with van der Waals surface area (Å²) in [5.74, 6) is 3.08. The largest absolute Gasteiger partial charge is 0.480 e. The van der Waals surface area contributed by atoms with Crippen LogP contribution in [-0.2, 0) is 4.79 Å². The molecule has 3 aliphatic heterocycles. The van der Waals surface area contributed by atoms with Crippen molar-refractivity contribution in [3.05, 3.63) is 65.7 Å². The number of thioether (sulfide) groups is 1. The minimum absolute atomic E-state index is 0.136. The number of piperidine rings is 1. The number of nitrogens with zero attached hydrogens (tertiary/aromatic N) is 4. The summed E-state index contributed by atoms with van der Waals surface area (Å²) in [6, 6.07) is 16.5. The molecule has 0 radical (unpaired) electrons. The Morgan fingerprint density at radius 1 is 1.02 bits per heavy atom. The van der Waals surface area contributed by atoms with E-state index in [4.69, 9.17) is 4.98 Å². The molecule has 8 heteroatoms. The topological polar surface area (TPSA) is 61.6 Å². The summed E-state index contributed by atoms with van der Waals surface area (Å²) >= 11 is 2.08. The van der Waals surface area contributed by atoms with Gasteiger partial charge in [-0.15, -0.1) is 0 Å². The smallest absolute Gasteiger partial charge is 0.321 e. The second kappa shape index (κ2) is 11.9. The van der Waals surface area contributed by atoms with E-state index in [1.54, 1.807) is 6.07 Å². The molecular formula is C34H43FN4O2S. The number of fused-ring (bicyclic) bond motifs is 3. The van der Waals surface area contributed by atoms with E-state index in [1.165, 1.54) is 18.0 Å². The lowest BCUT2D eigenvalue weighted by molar-refractivity contribution is -0.145. The number of aryl methyl sites for hydroxylation is 1. The molecule has 1 saturated carbocycles. The van der Waals surface area contributed by atoms with Crippen molar-refractivity contribution < 1.29 is 14.3 Å². The van der Waals surface area contributed by atoms with E-state index in [0.717, 1.165) is 80.0 Å². The highest BCUT2D eigenvalue weighted by Gasteiger charge is 2.46. The number of carboxylic acid groups (broad SMARTS) is 1. The number of carboxylic acids is 1. The van der Waals surface area contributed by atoms with E-state index in [1.807, 2.05) is 6.07 Å². The minimum atomic E-state index is -0.683. The van der Waals surface area contributed by atoms with Crippen LogP contribution in [0.2, 0.25) is 0 Å². The van der Waals surface area contributed by atoms with Gasteiger partial charge in [0.05, 0.1) is 11.0 Å². The Morgan fingerprint density at radius 3 is 2.52 bits per heavy atom. The Labute approximate surface area is 252 Å². The molecule has 42 heavy (non-hydrogen) atoms. The second-order valence-corrected chi connectivity index (χ2v) is 14.3. The van der Waals surface area contributed by atoms with E-state index in [0.29, 0.717) is 24.7 Å². The molecule has 1 aromatic heterocycles. The summed E-state index contributed by atoms with van der Waals surface area (Å²) in [5.41, 5.74) is 3.33. The number of hydrogen-bond donors (Lipinski definition) is 1. The Balaban J connectivity index is 1.15. The van der Waals surface area contributed by atoms with Gasteiger partial charge in [0.15, 0.2) is 0 Å². The zero-order chi connectivity index (χ0) is 28.8. The highest BCUT2D eigenvalue weighted by molar-refractivity contribution is 7.99. The van der Waals surface area contributed by atoms with Crippen molar-refractivity contribution in [2.75, 3.05) is 31.1 Å². The van der Waals surface area contributed by atoms with Crippen LogP contribution in [0.15, 0.2) is 48.5 Å². The highest BCUT2D eigenvalue weighted by Crippen LogP contribution is 2.43. The number of imidazole rings is 1. The van der Waals surface area contributed by atoms with Gasteiger partial charge >= 0.3 is 5.97 Å². The fourth-order valence-electron chi connectivity index (χ4n) is 8.90. The van der Waals surface area contributed by atoms with Gasteiger partial charge in [-0.3, -0.25) is 14.6 Å². The number of halogens is 1. The molecule has 224 valence electrons. The number of aromatic nitrogens is 2. The quantitative estimate of drug-likeness (QED) is 0.346. The molecule has 0 spiro atoms. The molecule has 1 aliphatic carbocycles. The third-order valence-electron chi connectivity index (χ3n) is 10.7. The van der Waals surface area contributed by atoms with Gasteiger partial charge in [0.2, 0.25) is 0 Å². The molecular weight excluding hydrogens is 547 g/mol. The molecule has 5 atom stereocenters. The van der Waals surface area contributed by atoms with Crippen molar-refractivity contribution in [1.82, 2.24) is 19.4 Å². The summed E-state index contributed by atoms with van der Waals surface area (Å²) < 4.78 is 16.9. The van der Waals surface area contributed by atoms with E-state index in [9.17, 15) is 14.3 Å².